The second-order valence-electron chi connectivity index (χ2n) is 6.17. The first kappa shape index (κ1) is 13.5. The van der Waals surface area contributed by atoms with E-state index in [9.17, 15) is 4.79 Å². The van der Waals surface area contributed by atoms with Crippen LogP contribution < -0.4 is 10.6 Å². The SMILES string of the molecule is CC(NC(=O)c1cccc2c1CCCN2)C1CCCC1. The fourth-order valence-corrected chi connectivity index (χ4v) is 3.58. The maximum Gasteiger partial charge on any atom is 0.251 e. The zero-order chi connectivity index (χ0) is 13.9. The first-order chi connectivity index (χ1) is 9.75. The molecule has 3 heteroatoms. The van der Waals surface area contributed by atoms with Gasteiger partial charge in [-0.15, -0.1) is 0 Å². The van der Waals surface area contributed by atoms with Crippen LogP contribution in [0.4, 0.5) is 5.69 Å². The monoisotopic (exact) mass is 272 g/mol. The Kier molecular flexibility index (Phi) is 3.95. The molecule has 0 bridgehead atoms. The highest BCUT2D eigenvalue weighted by Crippen LogP contribution is 2.29. The maximum absolute atomic E-state index is 12.5. The van der Waals surface area contributed by atoms with E-state index in [1.165, 1.54) is 31.2 Å². The molecule has 108 valence electrons. The van der Waals surface area contributed by atoms with Crippen molar-refractivity contribution in [2.45, 2.75) is 51.5 Å². The Bertz CT molecular complexity index is 492. The van der Waals surface area contributed by atoms with Crippen molar-refractivity contribution in [3.05, 3.63) is 29.3 Å². The largest absolute Gasteiger partial charge is 0.385 e. The molecule has 1 aromatic rings. The molecule has 0 spiro atoms. The maximum atomic E-state index is 12.5. The van der Waals surface area contributed by atoms with Crippen LogP contribution in [0.25, 0.3) is 0 Å². The number of fused-ring (bicyclic) bond motifs is 1. The van der Waals surface area contributed by atoms with E-state index in [4.69, 9.17) is 0 Å². The van der Waals surface area contributed by atoms with Gasteiger partial charge < -0.3 is 10.6 Å². The van der Waals surface area contributed by atoms with Crippen LogP contribution in [-0.4, -0.2) is 18.5 Å². The Morgan fingerprint density at radius 3 is 2.90 bits per heavy atom. The van der Waals surface area contributed by atoms with Crippen molar-refractivity contribution < 1.29 is 4.79 Å². The minimum absolute atomic E-state index is 0.102. The van der Waals surface area contributed by atoms with Gasteiger partial charge in [-0.1, -0.05) is 18.9 Å². The highest BCUT2D eigenvalue weighted by atomic mass is 16.1. The van der Waals surface area contributed by atoms with Crippen LogP contribution in [0, 0.1) is 5.92 Å². The lowest BCUT2D eigenvalue weighted by Gasteiger charge is -2.23. The average Bonchev–Trinajstić information content (AvgIpc) is 3.01. The normalized spacial score (nSPS) is 20.1. The Balaban J connectivity index is 1.73. The van der Waals surface area contributed by atoms with Gasteiger partial charge in [0.25, 0.3) is 5.91 Å². The standard InChI is InChI=1S/C17H24N2O/c1-12(13-6-2-3-7-13)19-17(20)15-8-4-10-16-14(15)9-5-11-18-16/h4,8,10,12-13,18H,2-3,5-7,9,11H2,1H3,(H,19,20). The van der Waals surface area contributed by atoms with Crippen LogP contribution in [0.1, 0.15) is 54.9 Å². The van der Waals surface area contributed by atoms with Crippen molar-refractivity contribution in [3.63, 3.8) is 0 Å². The molecule has 0 radical (unpaired) electrons. The summed E-state index contributed by atoms with van der Waals surface area (Å²) in [7, 11) is 0. The Morgan fingerprint density at radius 2 is 2.10 bits per heavy atom. The quantitative estimate of drug-likeness (QED) is 0.886. The lowest BCUT2D eigenvalue weighted by molar-refractivity contribution is 0.0926. The number of nitrogens with one attached hydrogen (secondary N) is 2. The molecular weight excluding hydrogens is 248 g/mol. The average molecular weight is 272 g/mol. The molecule has 1 aliphatic heterocycles. The van der Waals surface area contributed by atoms with Gasteiger partial charge in [0.15, 0.2) is 0 Å². The van der Waals surface area contributed by atoms with Gasteiger partial charge in [0.1, 0.15) is 0 Å². The number of carbonyl (C=O) groups excluding carboxylic acids is 1. The fraction of sp³-hybridized carbons (Fsp3) is 0.588. The van der Waals surface area contributed by atoms with E-state index in [0.29, 0.717) is 5.92 Å². The predicted molar refractivity (Wildman–Crippen MR) is 82.1 cm³/mol. The molecule has 1 amide bonds. The van der Waals surface area contributed by atoms with E-state index >= 15 is 0 Å². The number of hydrogen-bond donors (Lipinski definition) is 2. The summed E-state index contributed by atoms with van der Waals surface area (Å²) in [5.74, 6) is 0.765. The molecule has 3 rings (SSSR count). The molecule has 2 aliphatic rings. The summed E-state index contributed by atoms with van der Waals surface area (Å²) < 4.78 is 0. The molecule has 1 aliphatic carbocycles. The third-order valence-electron chi connectivity index (χ3n) is 4.81. The van der Waals surface area contributed by atoms with Gasteiger partial charge in [-0.25, -0.2) is 0 Å². The lowest BCUT2D eigenvalue weighted by atomic mass is 9.95. The van der Waals surface area contributed by atoms with Crippen LogP contribution in [0.5, 0.6) is 0 Å². The van der Waals surface area contributed by atoms with Crippen molar-refractivity contribution in [3.8, 4) is 0 Å². The van der Waals surface area contributed by atoms with Gasteiger partial charge >= 0.3 is 0 Å². The van der Waals surface area contributed by atoms with E-state index in [1.54, 1.807) is 0 Å². The smallest absolute Gasteiger partial charge is 0.251 e. The minimum Gasteiger partial charge on any atom is -0.385 e. The fourth-order valence-electron chi connectivity index (χ4n) is 3.58. The van der Waals surface area contributed by atoms with Crippen molar-refractivity contribution in [2.75, 3.05) is 11.9 Å². The second kappa shape index (κ2) is 5.86. The number of hydrogen-bond acceptors (Lipinski definition) is 2. The molecule has 1 aromatic carbocycles. The van der Waals surface area contributed by atoms with Crippen LogP contribution in [0.3, 0.4) is 0 Å². The number of amides is 1. The number of anilines is 1. The van der Waals surface area contributed by atoms with E-state index < -0.39 is 0 Å². The summed E-state index contributed by atoms with van der Waals surface area (Å²) in [5.41, 5.74) is 3.19. The van der Waals surface area contributed by atoms with Crippen molar-refractivity contribution in [1.29, 1.82) is 0 Å². The zero-order valence-corrected chi connectivity index (χ0v) is 12.2. The third kappa shape index (κ3) is 2.67. The van der Waals surface area contributed by atoms with Crippen LogP contribution in [-0.2, 0) is 6.42 Å². The number of carbonyl (C=O) groups is 1. The first-order valence-electron chi connectivity index (χ1n) is 7.92. The summed E-state index contributed by atoms with van der Waals surface area (Å²) in [5, 5.41) is 6.61. The molecule has 1 unspecified atom stereocenters. The number of benzene rings is 1. The Hall–Kier alpha value is -1.51. The molecule has 1 atom stereocenters. The molecule has 0 aromatic heterocycles. The summed E-state index contributed by atoms with van der Waals surface area (Å²) >= 11 is 0. The summed E-state index contributed by atoms with van der Waals surface area (Å²) in [6.07, 6.45) is 7.26. The Labute approximate surface area is 121 Å². The van der Waals surface area contributed by atoms with E-state index in [-0.39, 0.29) is 11.9 Å². The summed E-state index contributed by atoms with van der Waals surface area (Å²) in [6.45, 7) is 3.16. The highest BCUT2D eigenvalue weighted by Gasteiger charge is 2.24. The van der Waals surface area contributed by atoms with Gasteiger partial charge in [0, 0.05) is 23.8 Å². The van der Waals surface area contributed by atoms with Crippen molar-refractivity contribution >= 4 is 11.6 Å². The van der Waals surface area contributed by atoms with E-state index in [2.05, 4.69) is 23.6 Å². The van der Waals surface area contributed by atoms with E-state index in [0.717, 1.165) is 30.6 Å². The van der Waals surface area contributed by atoms with Gasteiger partial charge in [-0.3, -0.25) is 4.79 Å². The molecular formula is C17H24N2O. The van der Waals surface area contributed by atoms with Crippen molar-refractivity contribution in [2.24, 2.45) is 5.92 Å². The third-order valence-corrected chi connectivity index (χ3v) is 4.81. The van der Waals surface area contributed by atoms with Crippen LogP contribution in [0.2, 0.25) is 0 Å². The molecule has 3 nitrogen and oxygen atoms in total. The summed E-state index contributed by atoms with van der Waals surface area (Å²) in [4.78, 5) is 12.5. The second-order valence-corrected chi connectivity index (χ2v) is 6.17. The van der Waals surface area contributed by atoms with Crippen molar-refractivity contribution in [1.82, 2.24) is 5.32 Å². The predicted octanol–water partition coefficient (Wildman–Crippen LogP) is 3.35. The minimum atomic E-state index is 0.102. The van der Waals surface area contributed by atoms with Gasteiger partial charge in [-0.05, 0) is 56.2 Å². The van der Waals surface area contributed by atoms with Gasteiger partial charge in [0.2, 0.25) is 0 Å². The van der Waals surface area contributed by atoms with Crippen LogP contribution >= 0.6 is 0 Å². The Morgan fingerprint density at radius 1 is 1.30 bits per heavy atom. The topological polar surface area (TPSA) is 41.1 Å². The van der Waals surface area contributed by atoms with Gasteiger partial charge in [-0.2, -0.15) is 0 Å². The lowest BCUT2D eigenvalue weighted by Crippen LogP contribution is -2.37. The summed E-state index contributed by atoms with van der Waals surface area (Å²) in [6, 6.07) is 6.30. The number of rotatable bonds is 3. The zero-order valence-electron chi connectivity index (χ0n) is 12.2. The molecule has 20 heavy (non-hydrogen) atoms. The first-order valence-corrected chi connectivity index (χ1v) is 7.92. The molecule has 2 N–H and O–H groups in total. The van der Waals surface area contributed by atoms with Crippen LogP contribution in [0.15, 0.2) is 18.2 Å². The molecule has 1 fully saturated rings. The molecule has 1 heterocycles. The molecule has 0 saturated heterocycles. The highest BCUT2D eigenvalue weighted by molar-refractivity contribution is 5.97. The molecule has 1 saturated carbocycles. The van der Waals surface area contributed by atoms with Gasteiger partial charge in [0.05, 0.1) is 0 Å². The van der Waals surface area contributed by atoms with E-state index in [1.807, 2.05) is 12.1 Å².